The highest BCUT2D eigenvalue weighted by Gasteiger charge is 2.49. The van der Waals surface area contributed by atoms with E-state index in [-0.39, 0.29) is 74.6 Å². The number of hydrogen-bond acceptors (Lipinski definition) is 9. The van der Waals surface area contributed by atoms with Crippen LogP contribution in [0.5, 0.6) is 5.75 Å². The number of nitrogens with one attached hydrogen (secondary N) is 3. The van der Waals surface area contributed by atoms with Crippen molar-refractivity contribution in [3.63, 3.8) is 0 Å². The first-order chi connectivity index (χ1) is 24.5. The predicted molar refractivity (Wildman–Crippen MR) is 208 cm³/mol. The van der Waals surface area contributed by atoms with E-state index in [1.165, 1.54) is 11.8 Å². The molecule has 0 fully saturated rings. The van der Waals surface area contributed by atoms with Crippen LogP contribution in [0, 0.1) is 39.4 Å². The minimum Gasteiger partial charge on any atom is -0.481 e. The molecule has 0 aromatic heterocycles. The molecule has 5 N–H and O–H groups in total. The lowest BCUT2D eigenvalue weighted by molar-refractivity contribution is -0.138. The number of carboxylic acids is 1. The van der Waals surface area contributed by atoms with Gasteiger partial charge in [-0.25, -0.2) is 0 Å². The van der Waals surface area contributed by atoms with Gasteiger partial charge in [-0.3, -0.25) is 24.0 Å². The van der Waals surface area contributed by atoms with E-state index in [0.29, 0.717) is 18.7 Å². The molecule has 12 nitrogen and oxygen atoms in total. The number of thioether (sulfide) groups is 1. The number of aliphatic hydroxyl groups excluding tert-OH is 1. The molecule has 0 aliphatic carbocycles. The van der Waals surface area contributed by atoms with Gasteiger partial charge in [0.1, 0.15) is 5.75 Å². The first kappa shape index (κ1) is 47.4. The fourth-order valence-electron chi connectivity index (χ4n) is 6.56. The second-order valence-corrected chi connectivity index (χ2v) is 18.0. The second-order valence-electron chi connectivity index (χ2n) is 16.4. The van der Waals surface area contributed by atoms with Crippen LogP contribution in [0.4, 0.5) is 0 Å². The van der Waals surface area contributed by atoms with Crippen molar-refractivity contribution in [2.24, 2.45) is 28.1 Å². The number of aliphatic hydroxyl groups is 1. The van der Waals surface area contributed by atoms with Gasteiger partial charge in [-0.2, -0.15) is 5.26 Å². The van der Waals surface area contributed by atoms with E-state index in [2.05, 4.69) is 22.0 Å². The van der Waals surface area contributed by atoms with Gasteiger partial charge < -0.3 is 30.9 Å². The molecule has 0 saturated heterocycles. The molecule has 1 rings (SSSR count). The fraction of sp³-hybridized carbons (Fsp3) is 0.700. The molecule has 298 valence electrons. The highest BCUT2D eigenvalue weighted by molar-refractivity contribution is 8.01. The number of amides is 3. The largest absolute Gasteiger partial charge is 0.481 e. The van der Waals surface area contributed by atoms with E-state index in [9.17, 15) is 39.4 Å². The smallest absolute Gasteiger partial charge is 0.312 e. The number of nitriles is 1. The molecule has 1 aromatic carbocycles. The number of para-hydroxylation sites is 1. The number of esters is 1. The highest BCUT2D eigenvalue weighted by Crippen LogP contribution is 2.49. The van der Waals surface area contributed by atoms with Gasteiger partial charge in [0.2, 0.25) is 17.7 Å². The molecule has 0 heterocycles. The Morgan fingerprint density at radius 2 is 1.49 bits per heavy atom. The van der Waals surface area contributed by atoms with Gasteiger partial charge in [-0.05, 0) is 89.7 Å². The van der Waals surface area contributed by atoms with Crippen LogP contribution in [0.15, 0.2) is 30.3 Å². The summed E-state index contributed by atoms with van der Waals surface area (Å²) in [5, 5.41) is 38.3. The van der Waals surface area contributed by atoms with Crippen LogP contribution in [0.25, 0.3) is 0 Å². The Morgan fingerprint density at radius 3 is 2.02 bits per heavy atom. The van der Waals surface area contributed by atoms with Crippen LogP contribution < -0.4 is 20.7 Å². The van der Waals surface area contributed by atoms with E-state index in [0.717, 1.165) is 0 Å². The van der Waals surface area contributed by atoms with Crippen molar-refractivity contribution in [2.75, 3.05) is 18.8 Å². The zero-order chi connectivity index (χ0) is 40.6. The molecule has 1 aromatic rings. The van der Waals surface area contributed by atoms with Crippen molar-refractivity contribution in [3.05, 3.63) is 30.3 Å². The molecule has 0 spiro atoms. The van der Waals surface area contributed by atoms with Gasteiger partial charge in [-0.1, -0.05) is 52.8 Å². The van der Waals surface area contributed by atoms with Crippen LogP contribution in [0.1, 0.15) is 114 Å². The van der Waals surface area contributed by atoms with Crippen LogP contribution in [-0.2, 0) is 24.0 Å². The third-order valence-corrected chi connectivity index (χ3v) is 11.0. The van der Waals surface area contributed by atoms with Crippen molar-refractivity contribution in [1.82, 2.24) is 16.0 Å². The number of aliphatic carboxylic acids is 1. The number of benzene rings is 1. The Labute approximate surface area is 321 Å². The van der Waals surface area contributed by atoms with E-state index in [1.54, 1.807) is 45.0 Å². The van der Waals surface area contributed by atoms with Gasteiger partial charge in [0.25, 0.3) is 0 Å². The Hall–Kier alpha value is -3.63. The normalized spacial score (nSPS) is 15.8. The maximum atomic E-state index is 14.2. The Kier molecular flexibility index (Phi) is 19.1. The predicted octanol–water partition coefficient (Wildman–Crippen LogP) is 5.87. The molecule has 5 unspecified atom stereocenters. The number of rotatable bonds is 24. The standard InChI is InChI=1S/C40H64N4O8S/c1-11-20-42-34(49)31(23-39(9,26-41)19-17-32(46)47)37(5,6)22-30(35(50)44-27(2)3)38(7,8)25-40(10,36(51)43-24-28(4)45)53-21-18-33(48)52-29-15-13-12-14-16-29/h12-16,27-28,30-31,45H,11,17-25H2,1-10H3,(H,42,49)(H,43,51)(H,44,50)(H,46,47). The third-order valence-electron chi connectivity index (χ3n) is 9.58. The average molecular weight is 761 g/mol. The summed E-state index contributed by atoms with van der Waals surface area (Å²) in [5.41, 5.74) is -2.85. The number of carbonyl (C=O) groups excluding carboxylic acids is 4. The van der Waals surface area contributed by atoms with Gasteiger partial charge >= 0.3 is 11.9 Å². The highest BCUT2D eigenvalue weighted by atomic mass is 32.2. The minimum absolute atomic E-state index is 0.0177. The van der Waals surface area contributed by atoms with Crippen molar-refractivity contribution >= 4 is 41.4 Å². The summed E-state index contributed by atoms with van der Waals surface area (Å²) in [4.78, 5) is 66.1. The zero-order valence-electron chi connectivity index (χ0n) is 33.5. The van der Waals surface area contributed by atoms with Crippen LogP contribution >= 0.6 is 11.8 Å². The van der Waals surface area contributed by atoms with E-state index < -0.39 is 50.9 Å². The fourth-order valence-corrected chi connectivity index (χ4v) is 7.95. The van der Waals surface area contributed by atoms with Gasteiger partial charge in [0.15, 0.2) is 0 Å². The van der Waals surface area contributed by atoms with Gasteiger partial charge in [0.05, 0.1) is 28.8 Å². The summed E-state index contributed by atoms with van der Waals surface area (Å²) >= 11 is 1.27. The van der Waals surface area contributed by atoms with E-state index in [1.807, 2.05) is 54.5 Å². The molecule has 3 amide bonds. The molecule has 53 heavy (non-hydrogen) atoms. The van der Waals surface area contributed by atoms with Crippen LogP contribution in [0.2, 0.25) is 0 Å². The lowest BCUT2D eigenvalue weighted by Crippen LogP contribution is -2.52. The van der Waals surface area contributed by atoms with Crippen molar-refractivity contribution < 1.29 is 38.9 Å². The number of carboxylic acid groups (broad SMARTS) is 1. The summed E-state index contributed by atoms with van der Waals surface area (Å²) in [6, 6.07) is 10.8. The van der Waals surface area contributed by atoms with E-state index in [4.69, 9.17) is 4.74 Å². The monoisotopic (exact) mass is 760 g/mol. The van der Waals surface area contributed by atoms with Crippen molar-refractivity contribution in [1.29, 1.82) is 5.26 Å². The molecular formula is C40H64N4O8S. The molecule has 0 radical (unpaired) electrons. The number of ether oxygens (including phenoxy) is 1. The van der Waals surface area contributed by atoms with E-state index >= 15 is 0 Å². The maximum absolute atomic E-state index is 14.2. The quantitative estimate of drug-likeness (QED) is 0.0628. The SMILES string of the molecule is CCCNC(=O)C(CC(C)(C#N)CCC(=O)O)C(C)(C)CC(C(=O)NC(C)C)C(C)(C)CC(C)(SCCC(=O)Oc1ccccc1)C(=O)NCC(C)O. The topological polar surface area (TPSA) is 195 Å². The summed E-state index contributed by atoms with van der Waals surface area (Å²) in [6.45, 7) is 18.7. The first-order valence-electron chi connectivity index (χ1n) is 18.6. The summed E-state index contributed by atoms with van der Waals surface area (Å²) in [5.74, 6) is -3.15. The number of nitrogens with zero attached hydrogens (tertiary/aromatic N) is 1. The third kappa shape index (κ3) is 16.5. The molecule has 0 aliphatic heterocycles. The van der Waals surface area contributed by atoms with Crippen molar-refractivity contribution in [2.45, 2.75) is 131 Å². The minimum atomic E-state index is -1.15. The first-order valence-corrected chi connectivity index (χ1v) is 19.6. The van der Waals surface area contributed by atoms with Crippen LogP contribution in [-0.4, -0.2) is 75.6 Å². The molecule has 0 saturated carbocycles. The number of carbonyl (C=O) groups is 5. The summed E-state index contributed by atoms with van der Waals surface area (Å²) in [6.07, 6.45) is 0.253. The Balaban J connectivity index is 3.58. The van der Waals surface area contributed by atoms with Gasteiger partial charge in [-0.15, -0.1) is 11.8 Å². The molecule has 5 atom stereocenters. The van der Waals surface area contributed by atoms with Gasteiger partial charge in [0, 0.05) is 43.1 Å². The maximum Gasteiger partial charge on any atom is 0.312 e. The Morgan fingerprint density at radius 1 is 0.887 bits per heavy atom. The molecule has 0 aliphatic rings. The Bertz CT molecular complexity index is 1410. The number of hydrogen-bond donors (Lipinski definition) is 5. The summed E-state index contributed by atoms with van der Waals surface area (Å²) < 4.78 is 4.29. The van der Waals surface area contributed by atoms with Crippen molar-refractivity contribution in [3.8, 4) is 11.8 Å². The summed E-state index contributed by atoms with van der Waals surface area (Å²) in [7, 11) is 0. The second kappa shape index (κ2) is 21.3. The van der Waals surface area contributed by atoms with Crippen LogP contribution in [0.3, 0.4) is 0 Å². The molecule has 13 heteroatoms. The average Bonchev–Trinajstić information content (AvgIpc) is 3.06. The lowest BCUT2D eigenvalue weighted by atomic mass is 9.61. The zero-order valence-corrected chi connectivity index (χ0v) is 34.3. The molecule has 0 bridgehead atoms. The lowest BCUT2D eigenvalue weighted by Gasteiger charge is -2.45. The molecular weight excluding hydrogens is 697 g/mol.